The summed E-state index contributed by atoms with van der Waals surface area (Å²) in [5.74, 6) is -0.515. The molecule has 1 amide bonds. The van der Waals surface area contributed by atoms with E-state index in [1.807, 2.05) is 60.7 Å². The van der Waals surface area contributed by atoms with Crippen LogP contribution in [0.3, 0.4) is 0 Å². The number of hydrogen-bond acceptors (Lipinski definition) is 4. The average Bonchev–Trinajstić information content (AvgIpc) is 2.60. The summed E-state index contributed by atoms with van der Waals surface area (Å²) in [6, 6.07) is 19.4. The molecule has 0 atom stereocenters. The van der Waals surface area contributed by atoms with Crippen LogP contribution in [-0.4, -0.2) is 18.7 Å². The largest absolute Gasteiger partial charge is 0.533 e. The lowest BCUT2D eigenvalue weighted by atomic mass is 9.88. The summed E-state index contributed by atoms with van der Waals surface area (Å²) >= 11 is 0. The maximum atomic E-state index is 12.1. The van der Waals surface area contributed by atoms with Crippen molar-refractivity contribution in [1.29, 1.82) is 0 Å². The molecule has 2 aromatic carbocycles. The highest BCUT2D eigenvalue weighted by Gasteiger charge is 2.19. The van der Waals surface area contributed by atoms with Gasteiger partial charge in [0.05, 0.1) is 6.61 Å². The number of nitrogens with one attached hydrogen (secondary N) is 1. The first-order chi connectivity index (χ1) is 11.2. The summed E-state index contributed by atoms with van der Waals surface area (Å²) in [5, 5.41) is 0. The molecular formula is C18H19NO4. The number of carbonyl (C=O) groups is 2. The molecule has 0 spiro atoms. The Bertz CT molecular complexity index is 588. The van der Waals surface area contributed by atoms with Crippen LogP contribution in [0.25, 0.3) is 0 Å². The van der Waals surface area contributed by atoms with E-state index in [0.29, 0.717) is 0 Å². The Morgan fingerprint density at radius 2 is 1.48 bits per heavy atom. The fourth-order valence-electron chi connectivity index (χ4n) is 2.27. The molecule has 0 saturated carbocycles. The lowest BCUT2D eigenvalue weighted by molar-refractivity contribution is -0.131. The molecule has 0 bridgehead atoms. The Labute approximate surface area is 135 Å². The van der Waals surface area contributed by atoms with Gasteiger partial charge in [-0.25, -0.2) is 4.79 Å². The van der Waals surface area contributed by atoms with Gasteiger partial charge in [0.2, 0.25) is 0 Å². The van der Waals surface area contributed by atoms with E-state index in [4.69, 9.17) is 0 Å². The third kappa shape index (κ3) is 5.14. The van der Waals surface area contributed by atoms with Gasteiger partial charge in [0.25, 0.3) is 5.91 Å². The minimum absolute atomic E-state index is 0.122. The van der Waals surface area contributed by atoms with Crippen LogP contribution in [0.2, 0.25) is 0 Å². The van der Waals surface area contributed by atoms with Gasteiger partial charge in [0, 0.05) is 12.3 Å². The topological polar surface area (TPSA) is 64.6 Å². The van der Waals surface area contributed by atoms with E-state index in [9.17, 15) is 9.59 Å². The minimum Gasteiger partial charge on any atom is -0.433 e. The number of hydrogen-bond donors (Lipinski definition) is 1. The summed E-state index contributed by atoms with van der Waals surface area (Å²) in [4.78, 5) is 27.7. The van der Waals surface area contributed by atoms with Crippen molar-refractivity contribution in [3.05, 3.63) is 71.8 Å². The molecule has 0 saturated heterocycles. The third-order valence-corrected chi connectivity index (χ3v) is 3.30. The molecule has 5 nitrogen and oxygen atoms in total. The zero-order valence-electron chi connectivity index (χ0n) is 12.9. The Morgan fingerprint density at radius 1 is 0.957 bits per heavy atom. The Morgan fingerprint density at radius 3 is 1.96 bits per heavy atom. The number of amides is 1. The zero-order valence-corrected chi connectivity index (χ0v) is 12.9. The van der Waals surface area contributed by atoms with Crippen LogP contribution >= 0.6 is 0 Å². The summed E-state index contributed by atoms with van der Waals surface area (Å²) < 4.78 is 4.59. The van der Waals surface area contributed by atoms with Crippen molar-refractivity contribution < 1.29 is 19.2 Å². The number of benzene rings is 2. The number of hydroxylamine groups is 1. The highest BCUT2D eigenvalue weighted by Crippen LogP contribution is 2.27. The molecule has 0 aromatic heterocycles. The molecule has 0 heterocycles. The first-order valence-electron chi connectivity index (χ1n) is 7.43. The maximum Gasteiger partial charge on any atom is 0.533 e. The average molecular weight is 313 g/mol. The van der Waals surface area contributed by atoms with Crippen molar-refractivity contribution >= 4 is 12.1 Å². The van der Waals surface area contributed by atoms with Crippen molar-refractivity contribution in [2.45, 2.75) is 19.3 Å². The number of rotatable bonds is 5. The monoisotopic (exact) mass is 313 g/mol. The maximum absolute atomic E-state index is 12.1. The second-order valence-electron chi connectivity index (χ2n) is 4.89. The summed E-state index contributed by atoms with van der Waals surface area (Å²) in [7, 11) is 0. The van der Waals surface area contributed by atoms with Crippen LogP contribution in [0.4, 0.5) is 4.79 Å². The zero-order chi connectivity index (χ0) is 16.5. The molecule has 0 aliphatic carbocycles. The van der Waals surface area contributed by atoms with Crippen molar-refractivity contribution in [2.75, 3.05) is 6.61 Å². The molecule has 0 radical (unpaired) electrons. The second-order valence-corrected chi connectivity index (χ2v) is 4.89. The molecule has 2 rings (SSSR count). The Balaban J connectivity index is 2.07. The lowest BCUT2D eigenvalue weighted by Crippen LogP contribution is -2.28. The van der Waals surface area contributed by atoms with Gasteiger partial charge >= 0.3 is 6.16 Å². The van der Waals surface area contributed by atoms with E-state index in [2.05, 4.69) is 15.1 Å². The van der Waals surface area contributed by atoms with Gasteiger partial charge in [-0.15, -0.1) is 0 Å². The van der Waals surface area contributed by atoms with Crippen LogP contribution in [-0.2, 0) is 14.4 Å². The van der Waals surface area contributed by atoms with Gasteiger partial charge in [-0.05, 0) is 18.1 Å². The fourth-order valence-corrected chi connectivity index (χ4v) is 2.27. The highest BCUT2D eigenvalue weighted by atomic mass is 16.8. The molecule has 0 aliphatic heterocycles. The van der Waals surface area contributed by atoms with Crippen molar-refractivity contribution in [3.8, 4) is 0 Å². The van der Waals surface area contributed by atoms with Crippen LogP contribution in [0.1, 0.15) is 30.4 Å². The van der Waals surface area contributed by atoms with Gasteiger partial charge in [-0.2, -0.15) is 5.48 Å². The number of carbonyl (C=O) groups excluding carboxylic acids is 2. The van der Waals surface area contributed by atoms with Gasteiger partial charge in [-0.3, -0.25) is 4.79 Å². The van der Waals surface area contributed by atoms with E-state index >= 15 is 0 Å². The number of ether oxygens (including phenoxy) is 1. The Kier molecular flexibility index (Phi) is 6.17. The van der Waals surface area contributed by atoms with Crippen LogP contribution < -0.4 is 5.48 Å². The van der Waals surface area contributed by atoms with Crippen molar-refractivity contribution in [1.82, 2.24) is 5.48 Å². The fraction of sp³-hybridized carbons (Fsp3) is 0.222. The smallest absolute Gasteiger partial charge is 0.433 e. The summed E-state index contributed by atoms with van der Waals surface area (Å²) in [6.07, 6.45) is -0.759. The normalized spacial score (nSPS) is 10.2. The van der Waals surface area contributed by atoms with E-state index < -0.39 is 12.1 Å². The predicted molar refractivity (Wildman–Crippen MR) is 85.6 cm³/mol. The minimum atomic E-state index is -0.920. The molecule has 0 aliphatic rings. The van der Waals surface area contributed by atoms with Crippen LogP contribution in [0.5, 0.6) is 0 Å². The third-order valence-electron chi connectivity index (χ3n) is 3.30. The molecule has 120 valence electrons. The van der Waals surface area contributed by atoms with Crippen molar-refractivity contribution in [2.24, 2.45) is 0 Å². The SMILES string of the molecule is CCOC(=O)ONC(=O)CC(c1ccccc1)c1ccccc1. The van der Waals surface area contributed by atoms with Crippen molar-refractivity contribution in [3.63, 3.8) is 0 Å². The van der Waals surface area contributed by atoms with Gasteiger partial charge in [0.1, 0.15) is 0 Å². The quantitative estimate of drug-likeness (QED) is 0.678. The molecule has 1 N–H and O–H groups in total. The summed E-state index contributed by atoms with van der Waals surface area (Å²) in [6.45, 7) is 1.84. The molecule has 23 heavy (non-hydrogen) atoms. The van der Waals surface area contributed by atoms with E-state index in [1.54, 1.807) is 6.92 Å². The molecule has 0 fully saturated rings. The molecule has 5 heteroatoms. The molecule has 0 unspecified atom stereocenters. The van der Waals surface area contributed by atoms with E-state index in [1.165, 1.54) is 0 Å². The van der Waals surface area contributed by atoms with Gasteiger partial charge < -0.3 is 9.57 Å². The standard InChI is InChI=1S/C18H19NO4/c1-2-22-18(21)23-19-17(20)13-16(14-9-5-3-6-10-14)15-11-7-4-8-12-15/h3-12,16H,2,13H2,1H3,(H,19,20). The van der Waals surface area contributed by atoms with Crippen LogP contribution in [0.15, 0.2) is 60.7 Å². The van der Waals surface area contributed by atoms with Gasteiger partial charge in [0.15, 0.2) is 0 Å². The van der Waals surface area contributed by atoms with E-state index in [-0.39, 0.29) is 18.9 Å². The highest BCUT2D eigenvalue weighted by molar-refractivity contribution is 5.78. The molecule has 2 aromatic rings. The second kappa shape index (κ2) is 8.58. The van der Waals surface area contributed by atoms with Crippen LogP contribution in [0, 0.1) is 0 Å². The van der Waals surface area contributed by atoms with Gasteiger partial charge in [-0.1, -0.05) is 60.7 Å². The van der Waals surface area contributed by atoms with E-state index in [0.717, 1.165) is 11.1 Å². The first-order valence-corrected chi connectivity index (χ1v) is 7.43. The predicted octanol–water partition coefficient (Wildman–Crippen LogP) is 3.41. The summed E-state index contributed by atoms with van der Waals surface area (Å²) in [5.41, 5.74) is 4.16. The Hall–Kier alpha value is -2.82. The lowest BCUT2D eigenvalue weighted by Gasteiger charge is -2.17. The molecular weight excluding hydrogens is 294 g/mol. The first kappa shape index (κ1) is 16.5.